The van der Waals surface area contributed by atoms with E-state index < -0.39 is 6.04 Å². The molecule has 1 aliphatic rings. The summed E-state index contributed by atoms with van der Waals surface area (Å²) in [5, 5.41) is 0. The number of carbonyl (C=O) groups excluding carboxylic acids is 1. The molecule has 1 heterocycles. The SMILES string of the molecule is CC(Cc1ccc2c(c1)OCO2)N(C)C(=O)[C@H](C)N.Cl. The lowest BCUT2D eigenvalue weighted by Crippen LogP contribution is -2.44. The molecule has 0 aromatic heterocycles. The molecular formula is C14H21ClN2O3. The quantitative estimate of drug-likeness (QED) is 0.917. The van der Waals surface area contributed by atoms with Crippen molar-refractivity contribution in [2.75, 3.05) is 13.8 Å². The van der Waals surface area contributed by atoms with Gasteiger partial charge in [0.25, 0.3) is 0 Å². The van der Waals surface area contributed by atoms with Gasteiger partial charge >= 0.3 is 0 Å². The van der Waals surface area contributed by atoms with Crippen LogP contribution in [-0.2, 0) is 11.2 Å². The molecule has 1 aromatic rings. The van der Waals surface area contributed by atoms with Crippen molar-refractivity contribution in [1.29, 1.82) is 0 Å². The van der Waals surface area contributed by atoms with Crippen molar-refractivity contribution >= 4 is 18.3 Å². The van der Waals surface area contributed by atoms with Gasteiger partial charge in [-0.25, -0.2) is 0 Å². The highest BCUT2D eigenvalue weighted by Gasteiger charge is 2.20. The Morgan fingerprint density at radius 2 is 2.00 bits per heavy atom. The maximum atomic E-state index is 11.8. The Kier molecular flexibility index (Phi) is 5.65. The zero-order chi connectivity index (χ0) is 14.0. The number of ether oxygens (including phenoxy) is 2. The molecule has 2 atom stereocenters. The van der Waals surface area contributed by atoms with Crippen LogP contribution in [0.5, 0.6) is 11.5 Å². The number of carbonyl (C=O) groups is 1. The molecule has 0 bridgehead atoms. The van der Waals surface area contributed by atoms with Crippen LogP contribution in [0, 0.1) is 0 Å². The molecule has 2 rings (SSSR count). The van der Waals surface area contributed by atoms with Gasteiger partial charge in [0.05, 0.1) is 6.04 Å². The van der Waals surface area contributed by atoms with Crippen LogP contribution >= 0.6 is 12.4 Å². The molecule has 0 saturated carbocycles. The van der Waals surface area contributed by atoms with E-state index in [9.17, 15) is 4.79 Å². The molecule has 2 N–H and O–H groups in total. The number of hydrogen-bond donors (Lipinski definition) is 1. The standard InChI is InChI=1S/C14H20N2O3.ClH/c1-9(16(3)14(17)10(2)15)6-11-4-5-12-13(7-11)19-8-18-12;/h4-5,7,9-10H,6,8,15H2,1-3H3;1H/t9?,10-;/m0./s1. The summed E-state index contributed by atoms with van der Waals surface area (Å²) >= 11 is 0. The molecule has 112 valence electrons. The molecule has 0 saturated heterocycles. The summed E-state index contributed by atoms with van der Waals surface area (Å²) in [4.78, 5) is 13.5. The van der Waals surface area contributed by atoms with E-state index in [2.05, 4.69) is 0 Å². The van der Waals surface area contributed by atoms with Crippen LogP contribution in [0.25, 0.3) is 0 Å². The average molecular weight is 301 g/mol. The topological polar surface area (TPSA) is 64.8 Å². The highest BCUT2D eigenvalue weighted by Crippen LogP contribution is 2.32. The van der Waals surface area contributed by atoms with E-state index >= 15 is 0 Å². The summed E-state index contributed by atoms with van der Waals surface area (Å²) in [5.41, 5.74) is 6.73. The fourth-order valence-electron chi connectivity index (χ4n) is 2.08. The number of nitrogens with zero attached hydrogens (tertiary/aromatic N) is 1. The minimum Gasteiger partial charge on any atom is -0.454 e. The first-order chi connectivity index (χ1) is 8.99. The molecule has 1 aromatic carbocycles. The van der Waals surface area contributed by atoms with Crippen LogP contribution in [0.15, 0.2) is 18.2 Å². The number of amides is 1. The molecule has 1 unspecified atom stereocenters. The Bertz CT molecular complexity index is 479. The van der Waals surface area contributed by atoms with Crippen LogP contribution < -0.4 is 15.2 Å². The van der Waals surface area contributed by atoms with Crippen molar-refractivity contribution in [3.63, 3.8) is 0 Å². The Hall–Kier alpha value is -1.46. The van der Waals surface area contributed by atoms with Gasteiger partial charge in [0, 0.05) is 13.1 Å². The van der Waals surface area contributed by atoms with Gasteiger partial charge in [-0.2, -0.15) is 0 Å². The maximum absolute atomic E-state index is 11.8. The molecule has 0 fully saturated rings. The zero-order valence-corrected chi connectivity index (χ0v) is 12.8. The zero-order valence-electron chi connectivity index (χ0n) is 12.0. The molecule has 1 aliphatic heterocycles. The predicted molar refractivity (Wildman–Crippen MR) is 79.4 cm³/mol. The third-order valence-electron chi connectivity index (χ3n) is 3.37. The highest BCUT2D eigenvalue weighted by molar-refractivity contribution is 5.85. The number of nitrogens with two attached hydrogens (primary N) is 1. The molecular weight excluding hydrogens is 280 g/mol. The third kappa shape index (κ3) is 3.55. The van der Waals surface area contributed by atoms with Gasteiger partial charge in [0.15, 0.2) is 11.5 Å². The van der Waals surface area contributed by atoms with E-state index in [1.54, 1.807) is 18.9 Å². The first kappa shape index (κ1) is 16.6. The summed E-state index contributed by atoms with van der Waals surface area (Å²) in [5.74, 6) is 1.50. The minimum absolute atomic E-state index is 0. The second-order valence-electron chi connectivity index (χ2n) is 4.98. The monoisotopic (exact) mass is 300 g/mol. The van der Waals surface area contributed by atoms with Gasteiger partial charge in [-0.05, 0) is 38.0 Å². The van der Waals surface area contributed by atoms with Crippen LogP contribution in [0.3, 0.4) is 0 Å². The van der Waals surface area contributed by atoms with Gasteiger partial charge in [0.2, 0.25) is 12.7 Å². The Labute approximate surface area is 125 Å². The number of likely N-dealkylation sites (N-methyl/N-ethyl adjacent to an activating group) is 1. The Morgan fingerprint density at radius 3 is 2.65 bits per heavy atom. The summed E-state index contributed by atoms with van der Waals surface area (Å²) in [7, 11) is 1.78. The van der Waals surface area contributed by atoms with Gasteiger partial charge < -0.3 is 20.1 Å². The number of benzene rings is 1. The second-order valence-corrected chi connectivity index (χ2v) is 4.98. The van der Waals surface area contributed by atoms with Gasteiger partial charge in [-0.1, -0.05) is 6.07 Å². The van der Waals surface area contributed by atoms with Crippen LogP contribution in [0.2, 0.25) is 0 Å². The maximum Gasteiger partial charge on any atom is 0.239 e. The normalized spacial score (nSPS) is 15.2. The molecule has 0 spiro atoms. The number of hydrogen-bond acceptors (Lipinski definition) is 4. The van der Waals surface area contributed by atoms with E-state index in [1.165, 1.54) is 0 Å². The fraction of sp³-hybridized carbons (Fsp3) is 0.500. The van der Waals surface area contributed by atoms with E-state index in [0.29, 0.717) is 0 Å². The third-order valence-corrected chi connectivity index (χ3v) is 3.37. The van der Waals surface area contributed by atoms with Crippen LogP contribution in [0.1, 0.15) is 19.4 Å². The predicted octanol–water partition coefficient (Wildman–Crippen LogP) is 1.57. The lowest BCUT2D eigenvalue weighted by Gasteiger charge is -2.26. The molecule has 1 amide bonds. The van der Waals surface area contributed by atoms with E-state index in [4.69, 9.17) is 15.2 Å². The summed E-state index contributed by atoms with van der Waals surface area (Å²) in [6.45, 7) is 3.98. The summed E-state index contributed by atoms with van der Waals surface area (Å²) < 4.78 is 10.6. The van der Waals surface area contributed by atoms with Crippen molar-refractivity contribution in [1.82, 2.24) is 4.90 Å². The number of halogens is 1. The first-order valence-corrected chi connectivity index (χ1v) is 6.40. The van der Waals surface area contributed by atoms with Crippen molar-refractivity contribution in [3.05, 3.63) is 23.8 Å². The van der Waals surface area contributed by atoms with Crippen molar-refractivity contribution in [2.45, 2.75) is 32.4 Å². The lowest BCUT2D eigenvalue weighted by atomic mass is 10.1. The van der Waals surface area contributed by atoms with E-state index in [1.807, 2.05) is 25.1 Å². The average Bonchev–Trinajstić information content (AvgIpc) is 2.84. The lowest BCUT2D eigenvalue weighted by molar-refractivity contribution is -0.132. The molecule has 0 aliphatic carbocycles. The number of rotatable bonds is 4. The molecule has 5 nitrogen and oxygen atoms in total. The van der Waals surface area contributed by atoms with Gasteiger partial charge in [0.1, 0.15) is 0 Å². The van der Waals surface area contributed by atoms with Crippen molar-refractivity contribution < 1.29 is 14.3 Å². The van der Waals surface area contributed by atoms with Gasteiger partial charge in [-0.3, -0.25) is 4.79 Å². The largest absolute Gasteiger partial charge is 0.454 e. The highest BCUT2D eigenvalue weighted by atomic mass is 35.5. The molecule has 6 heteroatoms. The van der Waals surface area contributed by atoms with Crippen molar-refractivity contribution in [2.24, 2.45) is 5.73 Å². The van der Waals surface area contributed by atoms with Crippen molar-refractivity contribution in [3.8, 4) is 11.5 Å². The molecule has 0 radical (unpaired) electrons. The van der Waals surface area contributed by atoms with Crippen LogP contribution in [0.4, 0.5) is 0 Å². The van der Waals surface area contributed by atoms with Crippen LogP contribution in [-0.4, -0.2) is 36.7 Å². The second kappa shape index (κ2) is 6.81. The van der Waals surface area contributed by atoms with Gasteiger partial charge in [-0.15, -0.1) is 12.4 Å². The Balaban J connectivity index is 0.00000200. The summed E-state index contributed by atoms with van der Waals surface area (Å²) in [6, 6.07) is 5.47. The number of fused-ring (bicyclic) bond motifs is 1. The van der Waals surface area contributed by atoms with E-state index in [-0.39, 0.29) is 31.1 Å². The minimum atomic E-state index is -0.468. The fourth-order valence-corrected chi connectivity index (χ4v) is 2.08. The first-order valence-electron chi connectivity index (χ1n) is 6.40. The Morgan fingerprint density at radius 1 is 1.35 bits per heavy atom. The molecule has 20 heavy (non-hydrogen) atoms. The summed E-state index contributed by atoms with van der Waals surface area (Å²) in [6.07, 6.45) is 0.756. The smallest absolute Gasteiger partial charge is 0.239 e. The van der Waals surface area contributed by atoms with E-state index in [0.717, 1.165) is 23.5 Å².